The molecule has 8 heteroatoms. The molecular formula is C24H20N2O6. The Bertz CT molecular complexity index is 1250. The summed E-state index contributed by atoms with van der Waals surface area (Å²) in [4.78, 5) is 41.5. The van der Waals surface area contributed by atoms with Gasteiger partial charge in [-0.15, -0.1) is 0 Å². The molecule has 1 unspecified atom stereocenters. The number of nitrogens with one attached hydrogen (secondary N) is 1. The van der Waals surface area contributed by atoms with Gasteiger partial charge in [0.05, 0.1) is 16.7 Å². The Morgan fingerprint density at radius 1 is 1.00 bits per heavy atom. The highest BCUT2D eigenvalue weighted by atomic mass is 16.4. The van der Waals surface area contributed by atoms with Crippen LogP contribution in [0.5, 0.6) is 11.5 Å². The van der Waals surface area contributed by atoms with Crippen LogP contribution in [0.3, 0.4) is 0 Å². The standard InChI is InChI=1S/C24H20N2O6/c27-19-12-3-1-2-4-13(12)20(28)18-17(19)21(29)14-9-16(32-23(14)22(18)30)24(31)25-15-10-26-7-5-11(15)6-8-26/h1-4,9,11,15,27-28H,5-8,10H2,(H,25,31). The van der Waals surface area contributed by atoms with Crippen LogP contribution in [0, 0.1) is 5.92 Å². The maximum Gasteiger partial charge on any atom is 0.287 e. The maximum absolute atomic E-state index is 13.2. The van der Waals surface area contributed by atoms with Gasteiger partial charge in [0.1, 0.15) is 11.5 Å². The van der Waals surface area contributed by atoms with E-state index in [1.807, 2.05) is 0 Å². The van der Waals surface area contributed by atoms with E-state index in [1.54, 1.807) is 24.3 Å². The summed E-state index contributed by atoms with van der Waals surface area (Å²) in [5.74, 6) is -2.70. The third kappa shape index (κ3) is 2.56. The highest BCUT2D eigenvalue weighted by molar-refractivity contribution is 6.32. The summed E-state index contributed by atoms with van der Waals surface area (Å²) in [5, 5.41) is 24.9. The van der Waals surface area contributed by atoms with Crippen molar-refractivity contribution in [3.63, 3.8) is 0 Å². The lowest BCUT2D eigenvalue weighted by molar-refractivity contribution is 0.0605. The summed E-state index contributed by atoms with van der Waals surface area (Å²) < 4.78 is 5.55. The number of phenolic OH excluding ortho intramolecular Hbond substituents is 2. The zero-order valence-corrected chi connectivity index (χ0v) is 17.1. The molecule has 3 N–H and O–H groups in total. The largest absolute Gasteiger partial charge is 0.506 e. The SMILES string of the molecule is O=C(NC1CN2CCC1CC2)c1cc2c(o1)C(=O)c1c(c(O)c3ccccc3c1O)C2=O. The fourth-order valence-electron chi connectivity index (χ4n) is 5.30. The van der Waals surface area contributed by atoms with Crippen molar-refractivity contribution in [1.82, 2.24) is 10.2 Å². The Morgan fingerprint density at radius 2 is 1.62 bits per heavy atom. The van der Waals surface area contributed by atoms with Gasteiger partial charge in [-0.3, -0.25) is 14.4 Å². The van der Waals surface area contributed by atoms with Gasteiger partial charge in [0.15, 0.2) is 11.5 Å². The highest BCUT2D eigenvalue weighted by Crippen LogP contribution is 2.44. The Balaban J connectivity index is 1.39. The van der Waals surface area contributed by atoms with E-state index in [1.165, 1.54) is 6.07 Å². The number of phenols is 2. The first-order chi connectivity index (χ1) is 15.4. The Hall–Kier alpha value is -3.65. The lowest BCUT2D eigenvalue weighted by Crippen LogP contribution is -2.57. The molecule has 3 aromatic rings. The summed E-state index contributed by atoms with van der Waals surface area (Å²) in [7, 11) is 0. The van der Waals surface area contributed by atoms with Crippen LogP contribution in [-0.4, -0.2) is 58.3 Å². The molecule has 7 rings (SSSR count). The number of carbonyl (C=O) groups is 3. The number of hydrogen-bond donors (Lipinski definition) is 3. The fourth-order valence-corrected chi connectivity index (χ4v) is 5.30. The van der Waals surface area contributed by atoms with Gasteiger partial charge >= 0.3 is 0 Å². The first-order valence-corrected chi connectivity index (χ1v) is 10.7. The van der Waals surface area contributed by atoms with Crippen LogP contribution in [-0.2, 0) is 0 Å². The summed E-state index contributed by atoms with van der Waals surface area (Å²) in [6.07, 6.45) is 2.05. The smallest absolute Gasteiger partial charge is 0.287 e. The monoisotopic (exact) mass is 432 g/mol. The van der Waals surface area contributed by atoms with Crippen LogP contribution in [0.4, 0.5) is 0 Å². The number of aromatic hydroxyl groups is 2. The third-order valence-electron chi connectivity index (χ3n) is 6.99. The second kappa shape index (κ2) is 6.67. The van der Waals surface area contributed by atoms with E-state index in [0.29, 0.717) is 5.92 Å². The molecule has 8 nitrogen and oxygen atoms in total. The van der Waals surface area contributed by atoms with Crippen molar-refractivity contribution in [1.29, 1.82) is 0 Å². The molecule has 4 heterocycles. The molecule has 162 valence electrons. The zero-order valence-electron chi connectivity index (χ0n) is 17.1. The van der Waals surface area contributed by atoms with Gasteiger partial charge in [-0.1, -0.05) is 24.3 Å². The second-order valence-corrected chi connectivity index (χ2v) is 8.72. The summed E-state index contributed by atoms with van der Waals surface area (Å²) in [6.45, 7) is 2.85. The van der Waals surface area contributed by atoms with E-state index in [4.69, 9.17) is 4.42 Å². The molecule has 3 saturated heterocycles. The summed E-state index contributed by atoms with van der Waals surface area (Å²) in [5.41, 5.74) is -0.673. The van der Waals surface area contributed by atoms with Gasteiger partial charge in [-0.2, -0.15) is 0 Å². The zero-order chi connectivity index (χ0) is 22.1. The van der Waals surface area contributed by atoms with E-state index >= 15 is 0 Å². The minimum atomic E-state index is -0.741. The maximum atomic E-state index is 13.2. The third-order valence-corrected chi connectivity index (χ3v) is 6.99. The summed E-state index contributed by atoms with van der Waals surface area (Å²) >= 11 is 0. The van der Waals surface area contributed by atoms with Crippen molar-refractivity contribution in [3.05, 3.63) is 58.5 Å². The van der Waals surface area contributed by atoms with Crippen molar-refractivity contribution < 1.29 is 29.0 Å². The van der Waals surface area contributed by atoms with Crippen molar-refractivity contribution in [2.45, 2.75) is 18.9 Å². The molecule has 0 spiro atoms. The molecule has 1 atom stereocenters. The number of rotatable bonds is 2. The number of hydrogen-bond acceptors (Lipinski definition) is 7. The van der Waals surface area contributed by atoms with Crippen molar-refractivity contribution in [3.8, 4) is 11.5 Å². The van der Waals surface area contributed by atoms with E-state index in [2.05, 4.69) is 10.2 Å². The Kier molecular flexibility index (Phi) is 3.98. The minimum Gasteiger partial charge on any atom is -0.506 e. The van der Waals surface area contributed by atoms with Crippen LogP contribution in [0.2, 0.25) is 0 Å². The molecule has 2 aromatic carbocycles. The molecule has 4 aliphatic rings. The lowest BCUT2D eigenvalue weighted by Gasteiger charge is -2.44. The molecule has 2 bridgehead atoms. The van der Waals surface area contributed by atoms with Gasteiger partial charge in [-0.05, 0) is 31.8 Å². The molecule has 1 aliphatic carbocycles. The predicted octanol–water partition coefficient (Wildman–Crippen LogP) is 2.44. The second-order valence-electron chi connectivity index (χ2n) is 8.72. The van der Waals surface area contributed by atoms with Crippen LogP contribution < -0.4 is 5.32 Å². The molecule has 1 amide bonds. The Morgan fingerprint density at radius 3 is 2.22 bits per heavy atom. The van der Waals surface area contributed by atoms with E-state index in [0.717, 1.165) is 32.5 Å². The van der Waals surface area contributed by atoms with Crippen LogP contribution in [0.15, 0.2) is 34.7 Å². The van der Waals surface area contributed by atoms with E-state index < -0.39 is 23.2 Å². The topological polar surface area (TPSA) is 120 Å². The minimum absolute atomic E-state index is 0.00545. The number of carbonyl (C=O) groups excluding carboxylic acids is 3. The number of benzene rings is 2. The normalized spacial score (nSPS) is 23.8. The van der Waals surface area contributed by atoms with Gasteiger partial charge in [-0.25, -0.2) is 0 Å². The average molecular weight is 432 g/mol. The fraction of sp³-hybridized carbons (Fsp3) is 0.292. The molecular weight excluding hydrogens is 412 g/mol. The lowest BCUT2D eigenvalue weighted by atomic mass is 9.84. The highest BCUT2D eigenvalue weighted by Gasteiger charge is 2.41. The van der Waals surface area contributed by atoms with E-state index in [9.17, 15) is 24.6 Å². The molecule has 0 saturated carbocycles. The number of fused-ring (bicyclic) bond motifs is 6. The quantitative estimate of drug-likeness (QED) is 0.416. The van der Waals surface area contributed by atoms with Gasteiger partial charge < -0.3 is 24.8 Å². The van der Waals surface area contributed by atoms with Gasteiger partial charge in [0.25, 0.3) is 5.91 Å². The van der Waals surface area contributed by atoms with Crippen molar-refractivity contribution >= 4 is 28.2 Å². The number of ketones is 2. The number of piperidine rings is 3. The van der Waals surface area contributed by atoms with Crippen LogP contribution >= 0.6 is 0 Å². The van der Waals surface area contributed by atoms with E-state index in [-0.39, 0.29) is 50.8 Å². The van der Waals surface area contributed by atoms with Gasteiger partial charge in [0, 0.05) is 29.4 Å². The number of furan rings is 1. The molecule has 1 aromatic heterocycles. The molecule has 0 radical (unpaired) electrons. The van der Waals surface area contributed by atoms with Crippen LogP contribution in [0.1, 0.15) is 55.4 Å². The van der Waals surface area contributed by atoms with Crippen molar-refractivity contribution in [2.75, 3.05) is 19.6 Å². The number of amides is 1. The van der Waals surface area contributed by atoms with Crippen molar-refractivity contribution in [2.24, 2.45) is 5.92 Å². The summed E-state index contributed by atoms with van der Waals surface area (Å²) in [6, 6.07) is 7.66. The number of nitrogens with zero attached hydrogens (tertiary/aromatic N) is 1. The molecule has 3 fully saturated rings. The first kappa shape index (κ1) is 19.1. The van der Waals surface area contributed by atoms with Gasteiger partial charge in [0.2, 0.25) is 11.6 Å². The average Bonchev–Trinajstić information content (AvgIpc) is 3.27. The molecule has 3 aliphatic heterocycles. The first-order valence-electron chi connectivity index (χ1n) is 10.7. The van der Waals surface area contributed by atoms with Crippen LogP contribution in [0.25, 0.3) is 10.8 Å². The predicted molar refractivity (Wildman–Crippen MR) is 113 cm³/mol. The molecule has 32 heavy (non-hydrogen) atoms. The Labute approximate surface area is 182 Å².